The summed E-state index contributed by atoms with van der Waals surface area (Å²) in [5.74, 6) is 1.75. The molecule has 0 aromatic heterocycles. The first-order chi connectivity index (χ1) is 12.8. The monoisotopic (exact) mass is 376 g/mol. The number of hydrogen-bond acceptors (Lipinski definition) is 5. The SMILES string of the molecule is CC(C)(C)OC(=O)NCC1CCCN(C(=O)Cc2ccc3c(c2)OCO3)C1. The van der Waals surface area contributed by atoms with Gasteiger partial charge in [0, 0.05) is 19.6 Å². The standard InChI is InChI=1S/C20H28N2O5/c1-20(2,3)27-19(24)21-11-15-5-4-8-22(12-15)18(23)10-14-6-7-16-17(9-14)26-13-25-16/h6-7,9,15H,4-5,8,10-13H2,1-3H3,(H,21,24). The maximum atomic E-state index is 12.7. The Morgan fingerprint density at radius 1 is 1.26 bits per heavy atom. The molecule has 1 saturated heterocycles. The largest absolute Gasteiger partial charge is 0.454 e. The third kappa shape index (κ3) is 5.52. The molecule has 1 N–H and O–H groups in total. The Morgan fingerprint density at radius 3 is 2.81 bits per heavy atom. The molecule has 1 aromatic carbocycles. The molecule has 0 radical (unpaired) electrons. The van der Waals surface area contributed by atoms with Crippen LogP contribution >= 0.6 is 0 Å². The molecular weight excluding hydrogens is 348 g/mol. The summed E-state index contributed by atoms with van der Waals surface area (Å²) in [4.78, 5) is 26.4. The van der Waals surface area contributed by atoms with Gasteiger partial charge in [-0.1, -0.05) is 6.07 Å². The third-order valence-corrected chi connectivity index (χ3v) is 4.60. The average molecular weight is 376 g/mol. The molecule has 0 aliphatic carbocycles. The summed E-state index contributed by atoms with van der Waals surface area (Å²) in [6.07, 6.45) is 1.85. The molecule has 2 aliphatic rings. The van der Waals surface area contributed by atoms with Crippen LogP contribution in [0.1, 0.15) is 39.2 Å². The average Bonchev–Trinajstić information content (AvgIpc) is 3.06. The molecule has 1 fully saturated rings. The molecule has 27 heavy (non-hydrogen) atoms. The minimum absolute atomic E-state index is 0.0934. The van der Waals surface area contributed by atoms with Crippen molar-refractivity contribution in [2.75, 3.05) is 26.4 Å². The first-order valence-electron chi connectivity index (χ1n) is 9.43. The lowest BCUT2D eigenvalue weighted by Gasteiger charge is -2.33. The van der Waals surface area contributed by atoms with Crippen LogP contribution < -0.4 is 14.8 Å². The summed E-state index contributed by atoms with van der Waals surface area (Å²) in [5.41, 5.74) is 0.404. The predicted molar refractivity (Wildman–Crippen MR) is 99.8 cm³/mol. The summed E-state index contributed by atoms with van der Waals surface area (Å²) in [5, 5.41) is 2.82. The van der Waals surface area contributed by atoms with Gasteiger partial charge in [-0.15, -0.1) is 0 Å². The molecule has 148 valence electrons. The van der Waals surface area contributed by atoms with E-state index in [4.69, 9.17) is 14.2 Å². The summed E-state index contributed by atoms with van der Waals surface area (Å²) >= 11 is 0. The molecule has 0 spiro atoms. The van der Waals surface area contributed by atoms with Crippen molar-refractivity contribution < 1.29 is 23.8 Å². The van der Waals surface area contributed by atoms with Gasteiger partial charge in [-0.25, -0.2) is 4.79 Å². The van der Waals surface area contributed by atoms with Crippen molar-refractivity contribution in [3.05, 3.63) is 23.8 Å². The molecule has 1 aromatic rings. The molecule has 3 rings (SSSR count). The van der Waals surface area contributed by atoms with E-state index < -0.39 is 11.7 Å². The third-order valence-electron chi connectivity index (χ3n) is 4.60. The lowest BCUT2D eigenvalue weighted by atomic mass is 9.97. The van der Waals surface area contributed by atoms with Gasteiger partial charge in [0.05, 0.1) is 6.42 Å². The van der Waals surface area contributed by atoms with E-state index in [1.54, 1.807) is 0 Å². The maximum absolute atomic E-state index is 12.7. The highest BCUT2D eigenvalue weighted by Crippen LogP contribution is 2.32. The van der Waals surface area contributed by atoms with E-state index in [0.29, 0.717) is 25.3 Å². The van der Waals surface area contributed by atoms with E-state index in [1.165, 1.54) is 0 Å². The molecule has 0 bridgehead atoms. The van der Waals surface area contributed by atoms with Crippen LogP contribution in [0.3, 0.4) is 0 Å². The van der Waals surface area contributed by atoms with Gasteiger partial charge < -0.3 is 24.4 Å². The molecule has 1 unspecified atom stereocenters. The molecule has 2 amide bonds. The zero-order chi connectivity index (χ0) is 19.4. The van der Waals surface area contributed by atoms with Crippen LogP contribution in [0, 0.1) is 5.92 Å². The van der Waals surface area contributed by atoms with Crippen molar-refractivity contribution in [1.29, 1.82) is 0 Å². The number of nitrogens with one attached hydrogen (secondary N) is 1. The first kappa shape index (κ1) is 19.3. The molecule has 2 aliphatic heterocycles. The number of benzene rings is 1. The molecule has 2 heterocycles. The second-order valence-electron chi connectivity index (χ2n) is 8.10. The number of ether oxygens (including phenoxy) is 3. The van der Waals surface area contributed by atoms with Gasteiger partial charge in [-0.05, 0) is 57.2 Å². The number of carbonyl (C=O) groups is 2. The minimum atomic E-state index is -0.511. The van der Waals surface area contributed by atoms with Gasteiger partial charge in [0.2, 0.25) is 12.7 Å². The second kappa shape index (κ2) is 8.06. The normalized spacial score (nSPS) is 18.9. The van der Waals surface area contributed by atoms with Crippen molar-refractivity contribution in [3.63, 3.8) is 0 Å². The van der Waals surface area contributed by atoms with Gasteiger partial charge in [0.25, 0.3) is 0 Å². The van der Waals surface area contributed by atoms with E-state index in [1.807, 2.05) is 43.9 Å². The lowest BCUT2D eigenvalue weighted by Crippen LogP contribution is -2.44. The number of nitrogens with zero attached hydrogens (tertiary/aromatic N) is 1. The van der Waals surface area contributed by atoms with Gasteiger partial charge in [-0.3, -0.25) is 4.79 Å². The number of likely N-dealkylation sites (tertiary alicyclic amines) is 1. The van der Waals surface area contributed by atoms with E-state index in [2.05, 4.69) is 5.32 Å². The van der Waals surface area contributed by atoms with E-state index in [0.717, 1.165) is 30.7 Å². The van der Waals surface area contributed by atoms with Crippen LogP contribution in [0.4, 0.5) is 4.79 Å². The number of alkyl carbamates (subject to hydrolysis) is 1. The van der Waals surface area contributed by atoms with Gasteiger partial charge >= 0.3 is 6.09 Å². The summed E-state index contributed by atoms with van der Waals surface area (Å²) in [6, 6.07) is 5.61. The summed E-state index contributed by atoms with van der Waals surface area (Å²) < 4.78 is 15.9. The Labute approximate surface area is 160 Å². The summed E-state index contributed by atoms with van der Waals surface area (Å²) in [7, 11) is 0. The van der Waals surface area contributed by atoms with Gasteiger partial charge in [0.1, 0.15) is 5.60 Å². The van der Waals surface area contributed by atoms with Crippen molar-refractivity contribution in [3.8, 4) is 11.5 Å². The van der Waals surface area contributed by atoms with E-state index in [-0.39, 0.29) is 18.6 Å². The molecule has 7 heteroatoms. The van der Waals surface area contributed by atoms with Crippen molar-refractivity contribution in [2.45, 2.75) is 45.6 Å². The number of amides is 2. The fraction of sp³-hybridized carbons (Fsp3) is 0.600. The fourth-order valence-corrected chi connectivity index (χ4v) is 3.34. The smallest absolute Gasteiger partial charge is 0.407 e. The quantitative estimate of drug-likeness (QED) is 0.874. The van der Waals surface area contributed by atoms with Crippen LogP contribution in [0.2, 0.25) is 0 Å². The van der Waals surface area contributed by atoms with E-state index >= 15 is 0 Å². The lowest BCUT2D eigenvalue weighted by molar-refractivity contribution is -0.132. The van der Waals surface area contributed by atoms with Crippen LogP contribution in [0.15, 0.2) is 18.2 Å². The van der Waals surface area contributed by atoms with E-state index in [9.17, 15) is 9.59 Å². The predicted octanol–water partition coefficient (Wildman–Crippen LogP) is 2.72. The van der Waals surface area contributed by atoms with Crippen LogP contribution in [-0.4, -0.2) is 48.9 Å². The molecule has 1 atom stereocenters. The summed E-state index contributed by atoms with van der Waals surface area (Å²) in [6.45, 7) is 7.66. The zero-order valence-electron chi connectivity index (χ0n) is 16.2. The Kier molecular flexibility index (Phi) is 5.77. The molecule has 0 saturated carbocycles. The van der Waals surface area contributed by atoms with Crippen LogP contribution in [-0.2, 0) is 16.0 Å². The number of rotatable bonds is 4. The minimum Gasteiger partial charge on any atom is -0.454 e. The Hall–Kier alpha value is -2.44. The second-order valence-corrected chi connectivity index (χ2v) is 8.10. The number of fused-ring (bicyclic) bond motifs is 1. The zero-order valence-corrected chi connectivity index (χ0v) is 16.2. The van der Waals surface area contributed by atoms with Crippen molar-refractivity contribution in [1.82, 2.24) is 10.2 Å². The highest BCUT2D eigenvalue weighted by molar-refractivity contribution is 5.79. The van der Waals surface area contributed by atoms with Gasteiger partial charge in [-0.2, -0.15) is 0 Å². The maximum Gasteiger partial charge on any atom is 0.407 e. The number of piperidine rings is 1. The highest BCUT2D eigenvalue weighted by atomic mass is 16.7. The fourth-order valence-electron chi connectivity index (χ4n) is 3.34. The molecule has 7 nitrogen and oxygen atoms in total. The molecular formula is C20H28N2O5. The Morgan fingerprint density at radius 2 is 2.04 bits per heavy atom. The highest BCUT2D eigenvalue weighted by Gasteiger charge is 2.25. The van der Waals surface area contributed by atoms with Gasteiger partial charge in [0.15, 0.2) is 11.5 Å². The first-order valence-corrected chi connectivity index (χ1v) is 9.43. The van der Waals surface area contributed by atoms with Crippen LogP contribution in [0.5, 0.6) is 11.5 Å². The topological polar surface area (TPSA) is 77.1 Å². The Bertz CT molecular complexity index is 698. The van der Waals surface area contributed by atoms with Crippen molar-refractivity contribution >= 4 is 12.0 Å². The number of carbonyl (C=O) groups excluding carboxylic acids is 2. The van der Waals surface area contributed by atoms with Crippen LogP contribution in [0.25, 0.3) is 0 Å². The Balaban J connectivity index is 1.48. The number of hydrogen-bond donors (Lipinski definition) is 1. The van der Waals surface area contributed by atoms with Crippen molar-refractivity contribution in [2.24, 2.45) is 5.92 Å².